The van der Waals surface area contributed by atoms with Gasteiger partial charge in [0, 0.05) is 6.54 Å². The van der Waals surface area contributed by atoms with Crippen LogP contribution in [0, 0.1) is 11.8 Å². The molecule has 108 valence electrons. The minimum atomic E-state index is -2.28. The number of aliphatic hydroxyl groups excluding tert-OH is 1. The summed E-state index contributed by atoms with van der Waals surface area (Å²) in [7, 11) is 0. The first kappa shape index (κ1) is 15.4. The zero-order valence-electron chi connectivity index (χ0n) is 10.4. The summed E-state index contributed by atoms with van der Waals surface area (Å²) in [6, 6.07) is 0. The number of esters is 1. The molecule has 4 N–H and O–H groups in total. The number of piperidine rings is 1. The van der Waals surface area contributed by atoms with Crippen molar-refractivity contribution in [1.82, 2.24) is 5.32 Å². The Kier molecular flexibility index (Phi) is 5.25. The van der Waals surface area contributed by atoms with E-state index in [2.05, 4.69) is 10.1 Å². The Hall–Kier alpha value is -1.67. The SMILES string of the molecule is CC1CCNCC1C(=O)O[C@H](C(=O)O)[C@H](O)C(=O)O. The van der Waals surface area contributed by atoms with Crippen molar-refractivity contribution in [3.8, 4) is 0 Å². The Morgan fingerprint density at radius 1 is 1.26 bits per heavy atom. The molecule has 0 aromatic rings. The molecule has 1 aliphatic heterocycles. The van der Waals surface area contributed by atoms with Crippen LogP contribution in [0.15, 0.2) is 0 Å². The van der Waals surface area contributed by atoms with Crippen LogP contribution < -0.4 is 5.32 Å². The van der Waals surface area contributed by atoms with Gasteiger partial charge in [0.15, 0.2) is 6.10 Å². The van der Waals surface area contributed by atoms with E-state index in [1.165, 1.54) is 0 Å². The number of carbonyl (C=O) groups excluding carboxylic acids is 1. The summed E-state index contributed by atoms with van der Waals surface area (Å²) < 4.78 is 4.64. The lowest BCUT2D eigenvalue weighted by atomic mass is 9.88. The van der Waals surface area contributed by atoms with Gasteiger partial charge in [-0.3, -0.25) is 4.79 Å². The highest BCUT2D eigenvalue weighted by Gasteiger charge is 2.38. The Labute approximate surface area is 109 Å². The van der Waals surface area contributed by atoms with Crippen LogP contribution in [0.2, 0.25) is 0 Å². The lowest BCUT2D eigenvalue weighted by Crippen LogP contribution is -2.47. The Morgan fingerprint density at radius 3 is 2.37 bits per heavy atom. The molecule has 0 spiro atoms. The lowest BCUT2D eigenvalue weighted by molar-refractivity contribution is -0.181. The van der Waals surface area contributed by atoms with E-state index in [9.17, 15) is 19.5 Å². The van der Waals surface area contributed by atoms with Gasteiger partial charge in [-0.05, 0) is 18.9 Å². The fourth-order valence-electron chi connectivity index (χ4n) is 1.90. The third kappa shape index (κ3) is 3.90. The van der Waals surface area contributed by atoms with Crippen molar-refractivity contribution in [3.05, 3.63) is 0 Å². The van der Waals surface area contributed by atoms with Crippen LogP contribution in [0.25, 0.3) is 0 Å². The summed E-state index contributed by atoms with van der Waals surface area (Å²) in [6.45, 7) is 2.93. The fraction of sp³-hybridized carbons (Fsp3) is 0.727. The molecule has 8 nitrogen and oxygen atoms in total. The number of ether oxygens (including phenoxy) is 1. The van der Waals surface area contributed by atoms with Crippen molar-refractivity contribution in [2.24, 2.45) is 11.8 Å². The van der Waals surface area contributed by atoms with E-state index >= 15 is 0 Å². The number of carboxylic acid groups (broad SMARTS) is 2. The monoisotopic (exact) mass is 275 g/mol. The first-order valence-corrected chi connectivity index (χ1v) is 5.89. The van der Waals surface area contributed by atoms with Crippen molar-refractivity contribution < 1.29 is 34.4 Å². The van der Waals surface area contributed by atoms with Crippen LogP contribution in [0.4, 0.5) is 0 Å². The summed E-state index contributed by atoms with van der Waals surface area (Å²) in [6.07, 6.45) is -3.65. The van der Waals surface area contributed by atoms with Gasteiger partial charge in [-0.15, -0.1) is 0 Å². The average Bonchev–Trinajstić information content (AvgIpc) is 2.34. The Morgan fingerprint density at radius 2 is 1.89 bits per heavy atom. The molecule has 0 radical (unpaired) electrons. The molecule has 1 saturated heterocycles. The summed E-state index contributed by atoms with van der Waals surface area (Å²) in [4.78, 5) is 33.2. The quantitative estimate of drug-likeness (QED) is 0.454. The molecule has 0 amide bonds. The molecule has 1 aliphatic rings. The molecule has 1 heterocycles. The molecule has 8 heteroatoms. The molecule has 0 aliphatic carbocycles. The zero-order valence-corrected chi connectivity index (χ0v) is 10.4. The van der Waals surface area contributed by atoms with Crippen LogP contribution in [0.3, 0.4) is 0 Å². The van der Waals surface area contributed by atoms with Gasteiger partial charge >= 0.3 is 17.9 Å². The topological polar surface area (TPSA) is 133 Å². The summed E-state index contributed by atoms with van der Waals surface area (Å²) in [5.41, 5.74) is 0. The molecule has 0 aromatic carbocycles. The van der Waals surface area contributed by atoms with Gasteiger partial charge in [0.2, 0.25) is 6.10 Å². The number of hydrogen-bond donors (Lipinski definition) is 4. The molecule has 19 heavy (non-hydrogen) atoms. The Balaban J connectivity index is 2.70. The lowest BCUT2D eigenvalue weighted by Gasteiger charge is -2.29. The number of aliphatic hydroxyl groups is 1. The van der Waals surface area contributed by atoms with Crippen molar-refractivity contribution >= 4 is 17.9 Å². The minimum absolute atomic E-state index is 0.00478. The Bertz CT molecular complexity index is 370. The summed E-state index contributed by atoms with van der Waals surface area (Å²) in [5, 5.41) is 29.5. The van der Waals surface area contributed by atoms with E-state index in [1.807, 2.05) is 6.92 Å². The van der Waals surface area contributed by atoms with E-state index in [0.717, 1.165) is 13.0 Å². The smallest absolute Gasteiger partial charge is 0.348 e. The van der Waals surface area contributed by atoms with Crippen molar-refractivity contribution in [3.63, 3.8) is 0 Å². The van der Waals surface area contributed by atoms with Crippen LogP contribution >= 0.6 is 0 Å². The minimum Gasteiger partial charge on any atom is -0.479 e. The molecule has 1 rings (SSSR count). The molecular weight excluding hydrogens is 258 g/mol. The predicted octanol–water partition coefficient (Wildman–Crippen LogP) is -1.33. The second kappa shape index (κ2) is 6.48. The fourth-order valence-corrected chi connectivity index (χ4v) is 1.90. The highest BCUT2D eigenvalue weighted by Crippen LogP contribution is 2.20. The third-order valence-corrected chi connectivity index (χ3v) is 3.16. The van der Waals surface area contributed by atoms with E-state index in [4.69, 9.17) is 10.2 Å². The highest BCUT2D eigenvalue weighted by molar-refractivity contribution is 5.86. The van der Waals surface area contributed by atoms with Crippen LogP contribution in [-0.4, -0.2) is 58.5 Å². The third-order valence-electron chi connectivity index (χ3n) is 3.16. The van der Waals surface area contributed by atoms with Gasteiger partial charge in [0.1, 0.15) is 0 Å². The molecule has 0 bridgehead atoms. The number of nitrogens with one attached hydrogen (secondary N) is 1. The number of carbonyl (C=O) groups is 3. The van der Waals surface area contributed by atoms with Gasteiger partial charge < -0.3 is 25.4 Å². The predicted molar refractivity (Wildman–Crippen MR) is 61.3 cm³/mol. The first-order valence-electron chi connectivity index (χ1n) is 5.89. The van der Waals surface area contributed by atoms with Gasteiger partial charge in [-0.1, -0.05) is 6.92 Å². The highest BCUT2D eigenvalue weighted by atomic mass is 16.6. The maximum atomic E-state index is 11.8. The first-order chi connectivity index (χ1) is 8.84. The van der Waals surface area contributed by atoms with Crippen molar-refractivity contribution in [2.45, 2.75) is 25.6 Å². The molecule has 0 aromatic heterocycles. The number of rotatable bonds is 5. The largest absolute Gasteiger partial charge is 0.479 e. The number of aliphatic carboxylic acids is 2. The standard InChI is InChI=1S/C11H17NO7/c1-5-2-3-12-4-6(5)11(18)19-8(10(16)17)7(13)9(14)15/h5-8,12-13H,2-4H2,1H3,(H,14,15)(H,16,17)/t5?,6?,7-,8-/m0/s1. The normalized spacial score (nSPS) is 26.2. The van der Waals surface area contributed by atoms with E-state index in [0.29, 0.717) is 6.54 Å². The molecule has 4 atom stereocenters. The van der Waals surface area contributed by atoms with Crippen LogP contribution in [0.1, 0.15) is 13.3 Å². The van der Waals surface area contributed by atoms with E-state index < -0.39 is 36.0 Å². The molecular formula is C11H17NO7. The molecule has 1 fully saturated rings. The van der Waals surface area contributed by atoms with Crippen molar-refractivity contribution in [1.29, 1.82) is 0 Å². The average molecular weight is 275 g/mol. The zero-order chi connectivity index (χ0) is 14.6. The number of hydrogen-bond acceptors (Lipinski definition) is 6. The molecule has 0 saturated carbocycles. The van der Waals surface area contributed by atoms with Gasteiger partial charge in [0.05, 0.1) is 5.92 Å². The number of carboxylic acids is 2. The van der Waals surface area contributed by atoms with Gasteiger partial charge in [-0.25, -0.2) is 9.59 Å². The second-order valence-electron chi connectivity index (χ2n) is 4.56. The maximum Gasteiger partial charge on any atom is 0.348 e. The molecule has 2 unspecified atom stereocenters. The van der Waals surface area contributed by atoms with Crippen LogP contribution in [0.5, 0.6) is 0 Å². The van der Waals surface area contributed by atoms with E-state index in [-0.39, 0.29) is 5.92 Å². The van der Waals surface area contributed by atoms with Crippen LogP contribution in [-0.2, 0) is 19.1 Å². The van der Waals surface area contributed by atoms with Crippen molar-refractivity contribution in [2.75, 3.05) is 13.1 Å². The maximum absolute atomic E-state index is 11.8. The van der Waals surface area contributed by atoms with E-state index in [1.54, 1.807) is 0 Å². The van der Waals surface area contributed by atoms with Gasteiger partial charge in [0.25, 0.3) is 0 Å². The second-order valence-corrected chi connectivity index (χ2v) is 4.56. The summed E-state index contributed by atoms with van der Waals surface area (Å²) in [5.74, 6) is -4.80. The van der Waals surface area contributed by atoms with Gasteiger partial charge in [-0.2, -0.15) is 0 Å². The summed E-state index contributed by atoms with van der Waals surface area (Å²) >= 11 is 0.